The first kappa shape index (κ1) is 13.3. The van der Waals surface area contributed by atoms with Crippen LogP contribution in [0.4, 0.5) is 5.82 Å². The van der Waals surface area contributed by atoms with Crippen LogP contribution in [0.15, 0.2) is 33.0 Å². The fourth-order valence-electron chi connectivity index (χ4n) is 1.43. The third kappa shape index (κ3) is 2.66. The van der Waals surface area contributed by atoms with Crippen molar-refractivity contribution >= 4 is 17.4 Å². The Morgan fingerprint density at radius 1 is 1.25 bits per heavy atom. The van der Waals surface area contributed by atoms with Gasteiger partial charge in [0.05, 0.1) is 5.71 Å². The third-order valence-electron chi connectivity index (χ3n) is 2.44. The number of hydrogen-bond acceptors (Lipinski definition) is 8. The summed E-state index contributed by atoms with van der Waals surface area (Å²) < 4.78 is 4.39. The van der Waals surface area contributed by atoms with Crippen molar-refractivity contribution in [1.82, 2.24) is 10.3 Å². The molecule has 6 N–H and O–H groups in total. The van der Waals surface area contributed by atoms with Crippen LogP contribution in [0.1, 0.15) is 18.2 Å². The SMILES string of the molecule is C/C(=N\N=C(N)c1nonc1N)c1ccc(O)cc1O. The summed E-state index contributed by atoms with van der Waals surface area (Å²) in [5.41, 5.74) is 12.0. The predicted molar refractivity (Wildman–Crippen MR) is 71.4 cm³/mol. The summed E-state index contributed by atoms with van der Waals surface area (Å²) in [5.74, 6) is -0.237. The summed E-state index contributed by atoms with van der Waals surface area (Å²) >= 11 is 0. The van der Waals surface area contributed by atoms with E-state index in [1.54, 1.807) is 6.92 Å². The van der Waals surface area contributed by atoms with Gasteiger partial charge < -0.3 is 21.7 Å². The molecule has 2 rings (SSSR count). The van der Waals surface area contributed by atoms with Crippen LogP contribution < -0.4 is 11.5 Å². The summed E-state index contributed by atoms with van der Waals surface area (Å²) in [5, 5.41) is 33.3. The maximum absolute atomic E-state index is 9.68. The van der Waals surface area contributed by atoms with Crippen molar-refractivity contribution in [3.63, 3.8) is 0 Å². The number of nitrogen functional groups attached to an aromatic ring is 1. The zero-order chi connectivity index (χ0) is 14.7. The lowest BCUT2D eigenvalue weighted by Crippen LogP contribution is -2.15. The zero-order valence-corrected chi connectivity index (χ0v) is 10.5. The normalized spacial score (nSPS) is 12.7. The van der Waals surface area contributed by atoms with Gasteiger partial charge in [0.2, 0.25) is 0 Å². The fourth-order valence-corrected chi connectivity index (χ4v) is 1.43. The molecule has 0 amide bonds. The van der Waals surface area contributed by atoms with Gasteiger partial charge in [0.25, 0.3) is 0 Å². The van der Waals surface area contributed by atoms with Gasteiger partial charge >= 0.3 is 0 Å². The molecule has 1 aromatic heterocycles. The Bertz CT molecular complexity index is 691. The van der Waals surface area contributed by atoms with Crippen LogP contribution >= 0.6 is 0 Å². The highest BCUT2D eigenvalue weighted by Gasteiger charge is 2.11. The first-order valence-electron chi connectivity index (χ1n) is 5.47. The lowest BCUT2D eigenvalue weighted by Gasteiger charge is -2.03. The Morgan fingerprint density at radius 3 is 2.60 bits per heavy atom. The van der Waals surface area contributed by atoms with Crippen LogP contribution in [0, 0.1) is 0 Å². The highest BCUT2D eigenvalue weighted by atomic mass is 16.6. The minimum absolute atomic E-state index is 0.00610. The number of phenolic OH excluding ortho intramolecular Hbond substituents is 2. The van der Waals surface area contributed by atoms with Crippen LogP contribution in [0.5, 0.6) is 11.5 Å². The molecule has 0 radical (unpaired) electrons. The molecule has 0 saturated carbocycles. The number of nitrogens with two attached hydrogens (primary N) is 2. The molecule has 2 aromatic rings. The quantitative estimate of drug-likeness (QED) is 0.354. The molecule has 1 heterocycles. The lowest BCUT2D eigenvalue weighted by molar-refractivity contribution is 0.308. The van der Waals surface area contributed by atoms with E-state index in [-0.39, 0.29) is 28.8 Å². The van der Waals surface area contributed by atoms with E-state index in [0.29, 0.717) is 11.3 Å². The van der Waals surface area contributed by atoms with Gasteiger partial charge in [0.1, 0.15) is 11.5 Å². The number of aromatic hydroxyl groups is 2. The summed E-state index contributed by atoms with van der Waals surface area (Å²) in [6, 6.07) is 4.11. The van der Waals surface area contributed by atoms with E-state index in [9.17, 15) is 10.2 Å². The maximum Gasteiger partial charge on any atom is 0.199 e. The third-order valence-corrected chi connectivity index (χ3v) is 2.44. The molecule has 20 heavy (non-hydrogen) atoms. The second-order valence-corrected chi connectivity index (χ2v) is 3.87. The van der Waals surface area contributed by atoms with Crippen molar-refractivity contribution in [2.45, 2.75) is 6.92 Å². The van der Waals surface area contributed by atoms with E-state index >= 15 is 0 Å². The second-order valence-electron chi connectivity index (χ2n) is 3.87. The van der Waals surface area contributed by atoms with Crippen molar-refractivity contribution in [2.75, 3.05) is 5.73 Å². The number of anilines is 1. The molecule has 0 aliphatic rings. The average Bonchev–Trinajstić information content (AvgIpc) is 2.82. The molecule has 0 spiro atoms. The standard InChI is InChI=1S/C11H12N6O3/c1-5(7-3-2-6(18)4-8(7)19)14-15-10(12)9-11(13)17-20-16-9/h2-4,18-19H,1H3,(H2,12,15)(H2,13,17)/b14-5+. The van der Waals surface area contributed by atoms with E-state index in [2.05, 4.69) is 25.1 Å². The van der Waals surface area contributed by atoms with E-state index in [1.807, 2.05) is 0 Å². The van der Waals surface area contributed by atoms with Gasteiger partial charge in [-0.25, -0.2) is 4.63 Å². The van der Waals surface area contributed by atoms with Crippen molar-refractivity contribution in [1.29, 1.82) is 0 Å². The average molecular weight is 276 g/mol. The van der Waals surface area contributed by atoms with Crippen LogP contribution in [-0.2, 0) is 0 Å². The van der Waals surface area contributed by atoms with E-state index in [0.717, 1.165) is 0 Å². The van der Waals surface area contributed by atoms with E-state index in [1.165, 1.54) is 18.2 Å². The number of hydrogen-bond donors (Lipinski definition) is 4. The second kappa shape index (κ2) is 5.26. The first-order valence-corrected chi connectivity index (χ1v) is 5.47. The minimum atomic E-state index is -0.123. The number of aromatic nitrogens is 2. The molecule has 0 aliphatic heterocycles. The molecule has 0 aliphatic carbocycles. The smallest absolute Gasteiger partial charge is 0.199 e. The summed E-state index contributed by atoms with van der Waals surface area (Å²) in [6.07, 6.45) is 0. The van der Waals surface area contributed by atoms with Gasteiger partial charge in [0, 0.05) is 11.6 Å². The number of amidine groups is 1. The Kier molecular flexibility index (Phi) is 3.51. The maximum atomic E-state index is 9.68. The molecule has 0 saturated heterocycles. The predicted octanol–water partition coefficient (Wildman–Crippen LogP) is 0.193. The van der Waals surface area contributed by atoms with Gasteiger partial charge in [-0.1, -0.05) is 0 Å². The molecule has 0 bridgehead atoms. The lowest BCUT2D eigenvalue weighted by atomic mass is 10.1. The van der Waals surface area contributed by atoms with Crippen molar-refractivity contribution in [3.05, 3.63) is 29.5 Å². The van der Waals surface area contributed by atoms with Gasteiger partial charge in [-0.3, -0.25) is 0 Å². The topological polar surface area (TPSA) is 156 Å². The van der Waals surface area contributed by atoms with Crippen LogP contribution in [0.2, 0.25) is 0 Å². The minimum Gasteiger partial charge on any atom is -0.508 e. The molecule has 0 unspecified atom stereocenters. The Morgan fingerprint density at radius 2 is 2.00 bits per heavy atom. The monoisotopic (exact) mass is 276 g/mol. The fraction of sp³-hybridized carbons (Fsp3) is 0.0909. The Balaban J connectivity index is 2.29. The van der Waals surface area contributed by atoms with Gasteiger partial charge in [-0.2, -0.15) is 5.10 Å². The number of benzene rings is 1. The number of nitrogens with zero attached hydrogens (tertiary/aromatic N) is 4. The summed E-state index contributed by atoms with van der Waals surface area (Å²) in [4.78, 5) is 0. The van der Waals surface area contributed by atoms with Gasteiger partial charge in [-0.05, 0) is 29.4 Å². The van der Waals surface area contributed by atoms with Gasteiger partial charge in [-0.15, -0.1) is 5.10 Å². The van der Waals surface area contributed by atoms with Crippen LogP contribution in [-0.4, -0.2) is 32.1 Å². The van der Waals surface area contributed by atoms with Crippen molar-refractivity contribution in [2.24, 2.45) is 15.9 Å². The van der Waals surface area contributed by atoms with Crippen LogP contribution in [0.25, 0.3) is 0 Å². The Hall–Kier alpha value is -3.10. The van der Waals surface area contributed by atoms with Crippen molar-refractivity contribution < 1.29 is 14.8 Å². The van der Waals surface area contributed by atoms with E-state index in [4.69, 9.17) is 11.5 Å². The summed E-state index contributed by atoms with van der Waals surface area (Å²) in [6.45, 7) is 1.62. The molecule has 104 valence electrons. The van der Waals surface area contributed by atoms with Gasteiger partial charge in [0.15, 0.2) is 17.3 Å². The summed E-state index contributed by atoms with van der Waals surface area (Å²) in [7, 11) is 0. The highest BCUT2D eigenvalue weighted by Crippen LogP contribution is 2.23. The molecule has 9 heteroatoms. The molecule has 9 nitrogen and oxygen atoms in total. The molecule has 0 fully saturated rings. The van der Waals surface area contributed by atoms with Crippen LogP contribution in [0.3, 0.4) is 0 Å². The molecule has 0 atom stereocenters. The number of rotatable bonds is 3. The molecule has 1 aromatic carbocycles. The largest absolute Gasteiger partial charge is 0.508 e. The molecular weight excluding hydrogens is 264 g/mol. The van der Waals surface area contributed by atoms with Crippen molar-refractivity contribution in [3.8, 4) is 11.5 Å². The zero-order valence-electron chi connectivity index (χ0n) is 10.5. The first-order chi connectivity index (χ1) is 9.49. The molecular formula is C11H12N6O3. The number of phenols is 2. The highest BCUT2D eigenvalue weighted by molar-refractivity contribution is 6.03. The Labute approximate surface area is 113 Å². The van der Waals surface area contributed by atoms with E-state index < -0.39 is 0 Å².